The molecule has 0 aliphatic carbocycles. The number of piperidine rings is 1. The highest BCUT2D eigenvalue weighted by Crippen LogP contribution is 2.30. The molecule has 1 saturated heterocycles. The van der Waals surface area contributed by atoms with Crippen LogP contribution in [-0.4, -0.2) is 51.8 Å². The molecule has 2 aromatic rings. The third-order valence-corrected chi connectivity index (χ3v) is 5.18. The van der Waals surface area contributed by atoms with Crippen molar-refractivity contribution in [2.75, 3.05) is 19.7 Å². The van der Waals surface area contributed by atoms with Crippen LogP contribution in [0, 0.1) is 12.8 Å². The summed E-state index contributed by atoms with van der Waals surface area (Å²) in [5.74, 6) is -0.235. The van der Waals surface area contributed by atoms with Crippen LogP contribution in [0.5, 0.6) is 0 Å². The molecule has 0 bridgehead atoms. The Morgan fingerprint density at radius 2 is 2.13 bits per heavy atom. The van der Waals surface area contributed by atoms with Crippen LogP contribution in [0.1, 0.15) is 21.1 Å². The first-order chi connectivity index (χ1) is 11.1. The number of rotatable bonds is 3. The van der Waals surface area contributed by atoms with Gasteiger partial charge in [-0.15, -0.1) is 11.3 Å². The van der Waals surface area contributed by atoms with Crippen molar-refractivity contribution in [2.45, 2.75) is 19.4 Å². The number of aliphatic hydroxyl groups excluding tert-OH is 2. The van der Waals surface area contributed by atoms with Crippen molar-refractivity contribution in [2.24, 2.45) is 5.92 Å². The summed E-state index contributed by atoms with van der Waals surface area (Å²) in [6.07, 6.45) is -0.0612. The fourth-order valence-corrected chi connectivity index (χ4v) is 3.79. The molecule has 122 valence electrons. The number of aromatic nitrogens is 1. The summed E-state index contributed by atoms with van der Waals surface area (Å²) in [5, 5.41) is 20.1. The third kappa shape index (κ3) is 3.29. The van der Waals surface area contributed by atoms with E-state index in [1.807, 2.05) is 37.3 Å². The highest BCUT2D eigenvalue weighted by molar-refractivity contribution is 7.14. The number of benzene rings is 1. The van der Waals surface area contributed by atoms with Crippen molar-refractivity contribution in [3.63, 3.8) is 0 Å². The maximum Gasteiger partial charge on any atom is 0.266 e. The van der Waals surface area contributed by atoms with Gasteiger partial charge in [-0.1, -0.05) is 30.3 Å². The van der Waals surface area contributed by atoms with Crippen molar-refractivity contribution < 1.29 is 15.0 Å². The van der Waals surface area contributed by atoms with Crippen molar-refractivity contribution in [3.05, 3.63) is 40.2 Å². The topological polar surface area (TPSA) is 73.7 Å². The molecular formula is C17H20N2O3S. The minimum Gasteiger partial charge on any atom is -0.396 e. The number of aryl methyl sites for hydroxylation is 1. The van der Waals surface area contributed by atoms with E-state index in [2.05, 4.69) is 4.98 Å². The zero-order valence-electron chi connectivity index (χ0n) is 13.0. The quantitative estimate of drug-likeness (QED) is 0.901. The molecule has 3 rings (SSSR count). The first kappa shape index (κ1) is 16.1. The first-order valence-electron chi connectivity index (χ1n) is 7.71. The lowest BCUT2D eigenvalue weighted by Crippen LogP contribution is -2.47. The van der Waals surface area contributed by atoms with E-state index in [0.717, 1.165) is 10.6 Å². The van der Waals surface area contributed by atoms with E-state index in [1.54, 1.807) is 4.90 Å². The van der Waals surface area contributed by atoms with E-state index in [1.165, 1.54) is 11.3 Å². The highest BCUT2D eigenvalue weighted by atomic mass is 32.1. The van der Waals surface area contributed by atoms with Crippen LogP contribution in [-0.2, 0) is 0 Å². The molecule has 0 spiro atoms. The molecule has 1 aliphatic heterocycles. The Labute approximate surface area is 139 Å². The Morgan fingerprint density at radius 3 is 2.78 bits per heavy atom. The molecule has 2 N–H and O–H groups in total. The predicted octanol–water partition coefficient (Wildman–Crippen LogP) is 1.93. The van der Waals surface area contributed by atoms with Gasteiger partial charge in [-0.05, 0) is 13.3 Å². The summed E-state index contributed by atoms with van der Waals surface area (Å²) in [6.45, 7) is 2.65. The first-order valence-corrected chi connectivity index (χ1v) is 8.53. The Hall–Kier alpha value is -1.76. The lowest BCUT2D eigenvalue weighted by Gasteiger charge is -2.34. The number of hydrogen-bond donors (Lipinski definition) is 2. The molecule has 1 amide bonds. The normalized spacial score (nSPS) is 21.4. The van der Waals surface area contributed by atoms with Crippen molar-refractivity contribution in [3.8, 4) is 11.3 Å². The standard InChI is InChI=1S/C17H20N2O3S/c1-11-18-15(12-5-3-2-4-6-12)16(23-11)17(22)19-8-7-13(10-20)14(21)9-19/h2-6,13-14,20-21H,7-10H2,1H3/t13-,14+/m1/s1. The Kier molecular flexibility index (Phi) is 4.75. The smallest absolute Gasteiger partial charge is 0.266 e. The van der Waals surface area contributed by atoms with Gasteiger partial charge in [0.15, 0.2) is 0 Å². The highest BCUT2D eigenvalue weighted by Gasteiger charge is 2.32. The monoisotopic (exact) mass is 332 g/mol. The van der Waals surface area contributed by atoms with Crippen molar-refractivity contribution in [1.29, 1.82) is 0 Å². The molecule has 1 aromatic heterocycles. The Bertz CT molecular complexity index is 686. The average molecular weight is 332 g/mol. The van der Waals surface area contributed by atoms with Gasteiger partial charge in [0, 0.05) is 31.2 Å². The molecule has 5 nitrogen and oxygen atoms in total. The van der Waals surface area contributed by atoms with Gasteiger partial charge in [0.25, 0.3) is 5.91 Å². The molecule has 0 saturated carbocycles. The maximum absolute atomic E-state index is 12.9. The Balaban J connectivity index is 1.86. The number of hydrogen-bond acceptors (Lipinski definition) is 5. The number of aliphatic hydroxyl groups is 2. The second-order valence-corrected chi connectivity index (χ2v) is 7.03. The summed E-state index contributed by atoms with van der Waals surface area (Å²) in [6, 6.07) is 9.67. The predicted molar refractivity (Wildman–Crippen MR) is 89.4 cm³/mol. The summed E-state index contributed by atoms with van der Waals surface area (Å²) < 4.78 is 0. The van der Waals surface area contributed by atoms with Crippen molar-refractivity contribution in [1.82, 2.24) is 9.88 Å². The molecule has 23 heavy (non-hydrogen) atoms. The van der Waals surface area contributed by atoms with E-state index in [9.17, 15) is 15.0 Å². The van der Waals surface area contributed by atoms with Gasteiger partial charge in [-0.3, -0.25) is 4.79 Å². The summed E-state index contributed by atoms with van der Waals surface area (Å²) in [5.41, 5.74) is 1.63. The molecule has 1 aliphatic rings. The van der Waals surface area contributed by atoms with E-state index in [-0.39, 0.29) is 25.0 Å². The lowest BCUT2D eigenvalue weighted by atomic mass is 9.94. The number of nitrogens with zero attached hydrogens (tertiary/aromatic N) is 2. The molecule has 0 unspecified atom stereocenters. The molecule has 2 atom stereocenters. The van der Waals surface area contributed by atoms with E-state index >= 15 is 0 Å². The van der Waals surface area contributed by atoms with E-state index in [4.69, 9.17) is 0 Å². The molecule has 1 aromatic carbocycles. The SMILES string of the molecule is Cc1nc(-c2ccccc2)c(C(=O)N2CC[C@H](CO)[C@@H](O)C2)s1. The van der Waals surface area contributed by atoms with Gasteiger partial charge in [0.05, 0.1) is 16.8 Å². The number of thiazole rings is 1. The molecule has 6 heteroatoms. The fraction of sp³-hybridized carbons (Fsp3) is 0.412. The molecule has 0 radical (unpaired) electrons. The van der Waals surface area contributed by atoms with Crippen LogP contribution in [0.3, 0.4) is 0 Å². The molecular weight excluding hydrogens is 312 g/mol. The van der Waals surface area contributed by atoms with Crippen LogP contribution in [0.2, 0.25) is 0 Å². The second-order valence-electron chi connectivity index (χ2n) is 5.83. The molecule has 1 fully saturated rings. The van der Waals surface area contributed by atoms with Gasteiger partial charge in [0.2, 0.25) is 0 Å². The Morgan fingerprint density at radius 1 is 1.39 bits per heavy atom. The minimum atomic E-state index is -0.674. The number of carbonyl (C=O) groups excluding carboxylic acids is 1. The van der Waals surface area contributed by atoms with Crippen LogP contribution in [0.15, 0.2) is 30.3 Å². The molecule has 2 heterocycles. The fourth-order valence-electron chi connectivity index (χ4n) is 2.88. The van der Waals surface area contributed by atoms with Gasteiger partial charge in [-0.2, -0.15) is 0 Å². The lowest BCUT2D eigenvalue weighted by molar-refractivity contribution is 0.00108. The van der Waals surface area contributed by atoms with Crippen LogP contribution >= 0.6 is 11.3 Å². The third-order valence-electron chi connectivity index (χ3n) is 4.22. The van der Waals surface area contributed by atoms with Crippen LogP contribution in [0.25, 0.3) is 11.3 Å². The number of carbonyl (C=O) groups is 1. The maximum atomic E-state index is 12.9. The van der Waals surface area contributed by atoms with Gasteiger partial charge in [-0.25, -0.2) is 4.98 Å². The van der Waals surface area contributed by atoms with Crippen LogP contribution < -0.4 is 0 Å². The van der Waals surface area contributed by atoms with Gasteiger partial charge >= 0.3 is 0 Å². The van der Waals surface area contributed by atoms with Gasteiger partial charge in [0.1, 0.15) is 4.88 Å². The van der Waals surface area contributed by atoms with E-state index < -0.39 is 6.10 Å². The zero-order chi connectivity index (χ0) is 16.4. The van der Waals surface area contributed by atoms with Crippen LogP contribution in [0.4, 0.5) is 0 Å². The van der Waals surface area contributed by atoms with Gasteiger partial charge < -0.3 is 15.1 Å². The second kappa shape index (κ2) is 6.78. The number of amides is 1. The van der Waals surface area contributed by atoms with E-state index in [0.29, 0.717) is 23.5 Å². The average Bonchev–Trinajstić information content (AvgIpc) is 2.96. The largest absolute Gasteiger partial charge is 0.396 e. The number of β-amino-alcohol motifs (C(OH)–C–C–N with tert-alkyl or cyclic N) is 1. The zero-order valence-corrected chi connectivity index (χ0v) is 13.8. The minimum absolute atomic E-state index is 0.0435. The summed E-state index contributed by atoms with van der Waals surface area (Å²) >= 11 is 1.39. The summed E-state index contributed by atoms with van der Waals surface area (Å²) in [4.78, 5) is 19.7. The van der Waals surface area contributed by atoms with Crippen molar-refractivity contribution >= 4 is 17.2 Å². The number of likely N-dealkylation sites (tertiary alicyclic amines) is 1. The summed E-state index contributed by atoms with van der Waals surface area (Å²) in [7, 11) is 0.